The van der Waals surface area contributed by atoms with E-state index in [4.69, 9.17) is 23.2 Å². The van der Waals surface area contributed by atoms with Gasteiger partial charge in [0.25, 0.3) is 0 Å². The number of halogens is 2. The maximum atomic E-state index is 6.14. The summed E-state index contributed by atoms with van der Waals surface area (Å²) in [5, 5.41) is 4.66. The highest BCUT2D eigenvalue weighted by molar-refractivity contribution is 6.33. The summed E-state index contributed by atoms with van der Waals surface area (Å²) in [4.78, 5) is 3.94. The van der Waals surface area contributed by atoms with Crippen molar-refractivity contribution in [2.75, 3.05) is 5.32 Å². The van der Waals surface area contributed by atoms with Gasteiger partial charge < -0.3 is 5.32 Å². The van der Waals surface area contributed by atoms with Gasteiger partial charge in [-0.2, -0.15) is 0 Å². The molecule has 1 heterocycles. The average Bonchev–Trinajstić information content (AvgIpc) is 2.32. The standard InChI is InChI=1S/C13H12Cl2N2/c1-9(10-4-2-3-5-11(10)14)17-13-6-7-16-8-12(13)15/h2-9H,1H3,(H,16,17). The molecule has 1 aromatic heterocycles. The average molecular weight is 267 g/mol. The molecule has 2 nitrogen and oxygen atoms in total. The van der Waals surface area contributed by atoms with Crippen LogP contribution in [-0.4, -0.2) is 4.98 Å². The quantitative estimate of drug-likeness (QED) is 0.881. The van der Waals surface area contributed by atoms with Crippen LogP contribution in [0.4, 0.5) is 5.69 Å². The molecule has 88 valence electrons. The van der Waals surface area contributed by atoms with E-state index in [9.17, 15) is 0 Å². The molecule has 0 radical (unpaired) electrons. The van der Waals surface area contributed by atoms with Gasteiger partial charge in [-0.1, -0.05) is 41.4 Å². The van der Waals surface area contributed by atoms with Gasteiger partial charge in [-0.3, -0.25) is 4.98 Å². The van der Waals surface area contributed by atoms with Gasteiger partial charge in [-0.15, -0.1) is 0 Å². The van der Waals surface area contributed by atoms with E-state index in [1.54, 1.807) is 12.4 Å². The molecule has 0 aliphatic rings. The number of nitrogens with zero attached hydrogens (tertiary/aromatic N) is 1. The van der Waals surface area contributed by atoms with Crippen molar-refractivity contribution in [1.82, 2.24) is 4.98 Å². The van der Waals surface area contributed by atoms with Gasteiger partial charge in [0, 0.05) is 17.4 Å². The maximum Gasteiger partial charge on any atom is 0.0820 e. The molecule has 0 bridgehead atoms. The van der Waals surface area contributed by atoms with E-state index >= 15 is 0 Å². The van der Waals surface area contributed by atoms with Gasteiger partial charge in [0.2, 0.25) is 0 Å². The van der Waals surface area contributed by atoms with E-state index in [0.717, 1.165) is 16.3 Å². The molecule has 1 atom stereocenters. The van der Waals surface area contributed by atoms with E-state index in [2.05, 4.69) is 10.3 Å². The predicted octanol–water partition coefficient (Wildman–Crippen LogP) is 4.56. The lowest BCUT2D eigenvalue weighted by Gasteiger charge is -2.17. The number of hydrogen-bond donors (Lipinski definition) is 1. The largest absolute Gasteiger partial charge is 0.377 e. The first kappa shape index (κ1) is 12.2. The number of anilines is 1. The number of benzene rings is 1. The fourth-order valence-corrected chi connectivity index (χ4v) is 2.10. The normalized spacial score (nSPS) is 12.2. The van der Waals surface area contributed by atoms with E-state index in [1.807, 2.05) is 37.3 Å². The van der Waals surface area contributed by atoms with Crippen LogP contribution in [0, 0.1) is 0 Å². The fourth-order valence-electron chi connectivity index (χ4n) is 1.63. The van der Waals surface area contributed by atoms with Crippen LogP contribution in [0.2, 0.25) is 10.0 Å². The topological polar surface area (TPSA) is 24.9 Å². The molecule has 1 unspecified atom stereocenters. The molecule has 0 saturated carbocycles. The summed E-state index contributed by atoms with van der Waals surface area (Å²) in [7, 11) is 0. The van der Waals surface area contributed by atoms with Gasteiger partial charge >= 0.3 is 0 Å². The SMILES string of the molecule is CC(Nc1ccncc1Cl)c1ccccc1Cl. The van der Waals surface area contributed by atoms with Gasteiger partial charge in [0.15, 0.2) is 0 Å². The van der Waals surface area contributed by atoms with Gasteiger partial charge in [-0.25, -0.2) is 0 Å². The van der Waals surface area contributed by atoms with Crippen LogP contribution in [0.1, 0.15) is 18.5 Å². The lowest BCUT2D eigenvalue weighted by Crippen LogP contribution is -2.07. The van der Waals surface area contributed by atoms with Crippen LogP contribution in [0.15, 0.2) is 42.7 Å². The highest BCUT2D eigenvalue weighted by atomic mass is 35.5. The zero-order chi connectivity index (χ0) is 12.3. The van der Waals surface area contributed by atoms with Crippen LogP contribution in [0.3, 0.4) is 0 Å². The summed E-state index contributed by atoms with van der Waals surface area (Å²) in [6.07, 6.45) is 3.32. The fraction of sp³-hybridized carbons (Fsp3) is 0.154. The van der Waals surface area contributed by atoms with Crippen LogP contribution in [-0.2, 0) is 0 Å². The van der Waals surface area contributed by atoms with Gasteiger partial charge in [0.05, 0.1) is 16.8 Å². The Balaban J connectivity index is 2.20. The number of pyridine rings is 1. The zero-order valence-corrected chi connectivity index (χ0v) is 10.8. The maximum absolute atomic E-state index is 6.14. The number of aromatic nitrogens is 1. The predicted molar refractivity (Wildman–Crippen MR) is 72.7 cm³/mol. The minimum atomic E-state index is 0.0867. The molecule has 0 spiro atoms. The van der Waals surface area contributed by atoms with E-state index in [1.165, 1.54) is 0 Å². The Morgan fingerprint density at radius 2 is 1.88 bits per heavy atom. The number of nitrogens with one attached hydrogen (secondary N) is 1. The monoisotopic (exact) mass is 266 g/mol. The Kier molecular flexibility index (Phi) is 3.87. The Bertz CT molecular complexity index is 514. The molecule has 2 rings (SSSR count). The summed E-state index contributed by atoms with van der Waals surface area (Å²) in [6, 6.07) is 9.68. The highest BCUT2D eigenvalue weighted by Crippen LogP contribution is 2.28. The molecule has 17 heavy (non-hydrogen) atoms. The number of hydrogen-bond acceptors (Lipinski definition) is 2. The molecule has 1 N–H and O–H groups in total. The molecular weight excluding hydrogens is 255 g/mol. The van der Waals surface area contributed by atoms with Crippen LogP contribution < -0.4 is 5.32 Å². The van der Waals surface area contributed by atoms with Crippen molar-refractivity contribution in [3.63, 3.8) is 0 Å². The van der Waals surface area contributed by atoms with Crippen LogP contribution in [0.5, 0.6) is 0 Å². The van der Waals surface area contributed by atoms with Crippen molar-refractivity contribution < 1.29 is 0 Å². The summed E-state index contributed by atoms with van der Waals surface area (Å²) in [5.74, 6) is 0. The summed E-state index contributed by atoms with van der Waals surface area (Å²) in [5.41, 5.74) is 1.90. The molecule has 4 heteroatoms. The van der Waals surface area contributed by atoms with Crippen LogP contribution in [0.25, 0.3) is 0 Å². The minimum Gasteiger partial charge on any atom is -0.377 e. The molecular formula is C13H12Cl2N2. The zero-order valence-electron chi connectivity index (χ0n) is 9.32. The third kappa shape index (κ3) is 2.90. The second-order valence-corrected chi connectivity index (χ2v) is 4.56. The third-order valence-corrected chi connectivity index (χ3v) is 3.16. The molecule has 0 aliphatic carbocycles. The molecule has 0 aliphatic heterocycles. The Morgan fingerprint density at radius 1 is 1.12 bits per heavy atom. The number of rotatable bonds is 3. The lowest BCUT2D eigenvalue weighted by atomic mass is 10.1. The Hall–Kier alpha value is -1.25. The summed E-state index contributed by atoms with van der Waals surface area (Å²) >= 11 is 12.2. The highest BCUT2D eigenvalue weighted by Gasteiger charge is 2.10. The first-order valence-corrected chi connectivity index (χ1v) is 6.04. The Labute approximate surface area is 111 Å². The van der Waals surface area contributed by atoms with Crippen molar-refractivity contribution in [3.8, 4) is 0 Å². The van der Waals surface area contributed by atoms with Crippen LogP contribution >= 0.6 is 23.2 Å². The molecule has 0 saturated heterocycles. The summed E-state index contributed by atoms with van der Waals surface area (Å²) < 4.78 is 0. The molecule has 0 fully saturated rings. The summed E-state index contributed by atoms with van der Waals surface area (Å²) in [6.45, 7) is 2.04. The van der Waals surface area contributed by atoms with Gasteiger partial charge in [0.1, 0.15) is 0 Å². The van der Waals surface area contributed by atoms with E-state index in [-0.39, 0.29) is 6.04 Å². The van der Waals surface area contributed by atoms with Crippen molar-refractivity contribution in [1.29, 1.82) is 0 Å². The van der Waals surface area contributed by atoms with Crippen molar-refractivity contribution >= 4 is 28.9 Å². The molecule has 1 aromatic carbocycles. The first-order chi connectivity index (χ1) is 8.18. The third-order valence-electron chi connectivity index (χ3n) is 2.52. The first-order valence-electron chi connectivity index (χ1n) is 5.29. The molecule has 2 aromatic rings. The van der Waals surface area contributed by atoms with E-state index in [0.29, 0.717) is 5.02 Å². The second-order valence-electron chi connectivity index (χ2n) is 3.74. The molecule has 0 amide bonds. The van der Waals surface area contributed by atoms with Crippen molar-refractivity contribution in [3.05, 3.63) is 58.3 Å². The second kappa shape index (κ2) is 5.39. The lowest BCUT2D eigenvalue weighted by molar-refractivity contribution is 0.884. The van der Waals surface area contributed by atoms with Gasteiger partial charge in [-0.05, 0) is 24.6 Å². The Morgan fingerprint density at radius 3 is 2.59 bits per heavy atom. The smallest absolute Gasteiger partial charge is 0.0820 e. The van der Waals surface area contributed by atoms with E-state index < -0.39 is 0 Å². The minimum absolute atomic E-state index is 0.0867. The van der Waals surface area contributed by atoms with Crippen molar-refractivity contribution in [2.45, 2.75) is 13.0 Å². The van der Waals surface area contributed by atoms with Crippen molar-refractivity contribution in [2.24, 2.45) is 0 Å².